The minimum atomic E-state index is -3.79. The third-order valence-corrected chi connectivity index (χ3v) is 5.77. The Labute approximate surface area is 147 Å². The normalized spacial score (nSPS) is 13.8. The molecule has 1 aliphatic heterocycles. The Morgan fingerprint density at radius 1 is 1.12 bits per heavy atom. The zero-order valence-electron chi connectivity index (χ0n) is 14.1. The fourth-order valence-corrected chi connectivity index (χ4v) is 4.18. The Kier molecular flexibility index (Phi) is 4.63. The van der Waals surface area contributed by atoms with E-state index < -0.39 is 16.0 Å². The third kappa shape index (κ3) is 3.30. The van der Waals surface area contributed by atoms with Gasteiger partial charge in [0, 0.05) is 0 Å². The number of rotatable bonds is 4. The van der Waals surface area contributed by atoms with E-state index in [2.05, 4.69) is 0 Å². The summed E-state index contributed by atoms with van der Waals surface area (Å²) in [5.41, 5.74) is 2.52. The van der Waals surface area contributed by atoms with Gasteiger partial charge >= 0.3 is 5.97 Å². The molecule has 0 aromatic heterocycles. The van der Waals surface area contributed by atoms with Gasteiger partial charge in [-0.3, -0.25) is 4.31 Å². The molecule has 0 unspecified atom stereocenters. The Bertz CT molecular complexity index is 930. The number of sulfonamides is 1. The van der Waals surface area contributed by atoms with Crippen molar-refractivity contribution in [2.45, 2.75) is 18.7 Å². The SMILES string of the molecule is CCOC(=O)C1=Cc2ccccc2N(S(=O)(=O)c2ccc(C)cc2)C1. The van der Waals surface area contributed by atoms with Crippen LogP contribution in [0, 0.1) is 6.92 Å². The van der Waals surface area contributed by atoms with E-state index in [1.807, 2.05) is 6.92 Å². The van der Waals surface area contributed by atoms with Crippen molar-refractivity contribution in [3.63, 3.8) is 0 Å². The molecule has 0 saturated carbocycles. The lowest BCUT2D eigenvalue weighted by molar-refractivity contribution is -0.138. The van der Waals surface area contributed by atoms with Gasteiger partial charge in [0.1, 0.15) is 0 Å². The number of hydrogen-bond acceptors (Lipinski definition) is 4. The van der Waals surface area contributed by atoms with Crippen molar-refractivity contribution < 1.29 is 17.9 Å². The second-order valence-electron chi connectivity index (χ2n) is 5.77. The van der Waals surface area contributed by atoms with Gasteiger partial charge in [0.25, 0.3) is 10.0 Å². The molecule has 2 aromatic rings. The van der Waals surface area contributed by atoms with Crippen molar-refractivity contribution in [1.29, 1.82) is 0 Å². The molecule has 0 aliphatic carbocycles. The van der Waals surface area contributed by atoms with Crippen molar-refractivity contribution >= 4 is 27.8 Å². The summed E-state index contributed by atoms with van der Waals surface area (Å²) in [6.07, 6.45) is 1.69. The average molecular weight is 357 g/mol. The Morgan fingerprint density at radius 2 is 1.80 bits per heavy atom. The molecular weight excluding hydrogens is 338 g/mol. The van der Waals surface area contributed by atoms with Gasteiger partial charge in [0.15, 0.2) is 0 Å². The fraction of sp³-hybridized carbons (Fsp3) is 0.211. The molecule has 0 saturated heterocycles. The van der Waals surface area contributed by atoms with Gasteiger partial charge in [-0.2, -0.15) is 0 Å². The van der Waals surface area contributed by atoms with Crippen LogP contribution in [0.5, 0.6) is 0 Å². The van der Waals surface area contributed by atoms with Crippen LogP contribution in [-0.2, 0) is 19.6 Å². The molecule has 5 nitrogen and oxygen atoms in total. The first kappa shape index (κ1) is 17.2. The smallest absolute Gasteiger partial charge is 0.335 e. The van der Waals surface area contributed by atoms with Gasteiger partial charge in [0.2, 0.25) is 0 Å². The van der Waals surface area contributed by atoms with Crippen molar-refractivity contribution in [2.24, 2.45) is 0 Å². The number of esters is 1. The zero-order valence-corrected chi connectivity index (χ0v) is 14.9. The summed E-state index contributed by atoms with van der Waals surface area (Å²) in [5.74, 6) is -0.499. The van der Waals surface area contributed by atoms with Gasteiger partial charge in [-0.25, -0.2) is 13.2 Å². The number of carbonyl (C=O) groups excluding carboxylic acids is 1. The fourth-order valence-electron chi connectivity index (χ4n) is 2.71. The number of ether oxygens (including phenoxy) is 1. The summed E-state index contributed by atoms with van der Waals surface area (Å²) >= 11 is 0. The predicted octanol–water partition coefficient (Wildman–Crippen LogP) is 3.15. The van der Waals surface area contributed by atoms with Crippen molar-refractivity contribution in [2.75, 3.05) is 17.5 Å². The number of anilines is 1. The van der Waals surface area contributed by atoms with E-state index in [1.54, 1.807) is 61.5 Å². The van der Waals surface area contributed by atoms with Crippen LogP contribution < -0.4 is 4.31 Å². The van der Waals surface area contributed by atoms with E-state index in [4.69, 9.17) is 4.74 Å². The quantitative estimate of drug-likeness (QED) is 0.789. The summed E-state index contributed by atoms with van der Waals surface area (Å²) in [4.78, 5) is 12.3. The summed E-state index contributed by atoms with van der Waals surface area (Å²) in [6, 6.07) is 13.8. The lowest BCUT2D eigenvalue weighted by atomic mass is 10.0. The molecule has 0 fully saturated rings. The molecule has 1 aliphatic rings. The molecular formula is C19H19NO4S. The van der Waals surface area contributed by atoms with Gasteiger partial charge in [-0.1, -0.05) is 35.9 Å². The highest BCUT2D eigenvalue weighted by Gasteiger charge is 2.32. The largest absolute Gasteiger partial charge is 0.463 e. The Hall–Kier alpha value is -2.60. The molecule has 25 heavy (non-hydrogen) atoms. The molecule has 0 bridgehead atoms. The number of hydrogen-bond donors (Lipinski definition) is 0. The van der Waals surface area contributed by atoms with Crippen LogP contribution in [0.15, 0.2) is 59.0 Å². The molecule has 0 N–H and O–H groups in total. The maximum atomic E-state index is 13.1. The van der Waals surface area contributed by atoms with E-state index in [0.29, 0.717) is 16.8 Å². The Balaban J connectivity index is 2.08. The minimum Gasteiger partial charge on any atom is -0.463 e. The van der Waals surface area contributed by atoms with Crippen LogP contribution in [0.25, 0.3) is 6.08 Å². The van der Waals surface area contributed by atoms with Crippen LogP contribution in [0.1, 0.15) is 18.1 Å². The lowest BCUT2D eigenvalue weighted by Gasteiger charge is -2.30. The highest BCUT2D eigenvalue weighted by Crippen LogP contribution is 2.33. The molecule has 0 radical (unpaired) electrons. The molecule has 1 heterocycles. The highest BCUT2D eigenvalue weighted by atomic mass is 32.2. The number of aryl methyl sites for hydroxylation is 1. The van der Waals surface area contributed by atoms with E-state index >= 15 is 0 Å². The third-order valence-electron chi connectivity index (χ3n) is 4.00. The highest BCUT2D eigenvalue weighted by molar-refractivity contribution is 7.92. The average Bonchev–Trinajstić information content (AvgIpc) is 2.61. The van der Waals surface area contributed by atoms with Crippen molar-refractivity contribution in [3.05, 3.63) is 65.2 Å². The minimum absolute atomic E-state index is 0.0495. The summed E-state index contributed by atoms with van der Waals surface area (Å²) in [7, 11) is -3.79. The summed E-state index contributed by atoms with van der Waals surface area (Å²) in [5, 5.41) is 0. The molecule has 6 heteroatoms. The molecule has 130 valence electrons. The topological polar surface area (TPSA) is 63.7 Å². The van der Waals surface area contributed by atoms with E-state index in [-0.39, 0.29) is 18.0 Å². The summed E-state index contributed by atoms with van der Waals surface area (Å²) < 4.78 is 32.6. The van der Waals surface area contributed by atoms with Gasteiger partial charge in [-0.05, 0) is 43.7 Å². The first-order valence-electron chi connectivity index (χ1n) is 7.99. The first-order chi connectivity index (χ1) is 11.9. The molecule has 0 atom stereocenters. The lowest BCUT2D eigenvalue weighted by Crippen LogP contribution is -2.37. The zero-order chi connectivity index (χ0) is 18.0. The van der Waals surface area contributed by atoms with Crippen molar-refractivity contribution in [3.8, 4) is 0 Å². The van der Waals surface area contributed by atoms with Gasteiger partial charge < -0.3 is 4.74 Å². The second kappa shape index (κ2) is 6.72. The molecule has 3 rings (SSSR count). The number of para-hydroxylation sites is 1. The Morgan fingerprint density at radius 3 is 2.48 bits per heavy atom. The monoisotopic (exact) mass is 357 g/mol. The predicted molar refractivity (Wildman–Crippen MR) is 96.8 cm³/mol. The maximum Gasteiger partial charge on any atom is 0.335 e. The number of carbonyl (C=O) groups is 1. The van der Waals surface area contributed by atoms with Crippen molar-refractivity contribution in [1.82, 2.24) is 0 Å². The number of nitrogens with zero attached hydrogens (tertiary/aromatic N) is 1. The van der Waals surface area contributed by atoms with E-state index in [9.17, 15) is 13.2 Å². The summed E-state index contributed by atoms with van der Waals surface area (Å²) in [6.45, 7) is 3.80. The van der Waals surface area contributed by atoms with Crippen LogP contribution in [0.4, 0.5) is 5.69 Å². The van der Waals surface area contributed by atoms with Crippen LogP contribution in [0.2, 0.25) is 0 Å². The van der Waals surface area contributed by atoms with Crippen LogP contribution in [-0.4, -0.2) is 27.5 Å². The number of benzene rings is 2. The standard InChI is InChI=1S/C19H19NO4S/c1-3-24-19(21)16-12-15-6-4-5-7-18(15)20(13-16)25(22,23)17-10-8-14(2)9-11-17/h4-12H,3,13H2,1-2H3. The second-order valence-corrected chi connectivity index (χ2v) is 7.64. The maximum absolute atomic E-state index is 13.1. The molecule has 0 amide bonds. The van der Waals surface area contributed by atoms with Crippen LogP contribution >= 0.6 is 0 Å². The molecule has 0 spiro atoms. The van der Waals surface area contributed by atoms with Gasteiger partial charge in [0.05, 0.1) is 29.3 Å². The first-order valence-corrected chi connectivity index (χ1v) is 9.43. The molecule has 2 aromatic carbocycles. The van der Waals surface area contributed by atoms with E-state index in [1.165, 1.54) is 4.31 Å². The number of fused-ring (bicyclic) bond motifs is 1. The van der Waals surface area contributed by atoms with Gasteiger partial charge in [-0.15, -0.1) is 0 Å². The van der Waals surface area contributed by atoms with Crippen LogP contribution in [0.3, 0.4) is 0 Å². The van der Waals surface area contributed by atoms with E-state index in [0.717, 1.165) is 5.56 Å².